The van der Waals surface area contributed by atoms with Crippen molar-refractivity contribution in [3.8, 4) is 0 Å². The van der Waals surface area contributed by atoms with Gasteiger partial charge in [0.05, 0.1) is 26.4 Å². The van der Waals surface area contributed by atoms with Crippen LogP contribution < -0.4 is 0 Å². The van der Waals surface area contributed by atoms with Gasteiger partial charge < -0.3 is 34.2 Å². The summed E-state index contributed by atoms with van der Waals surface area (Å²) < 4.78 is 61.4. The third-order valence-corrected chi connectivity index (χ3v) is 22.9. The highest BCUT2D eigenvalue weighted by Gasteiger charge is 2.30. The second-order valence-electron chi connectivity index (χ2n) is 32.5. The number of unbranched alkanes of at least 4 members (excludes halogenated alkanes) is 51. The first-order valence-electron chi connectivity index (χ1n) is 48.2. The Balaban J connectivity index is 4.34. The molecule has 0 aliphatic carbocycles. The van der Waals surface area contributed by atoms with Crippen molar-refractivity contribution < 1.29 is 75.8 Å². The highest BCUT2D eigenvalue weighted by molar-refractivity contribution is 7.47. The van der Waals surface area contributed by atoms with Crippen LogP contribution in [0.4, 0.5) is 0 Å². The fourth-order valence-electron chi connectivity index (χ4n) is 13.7. The van der Waals surface area contributed by atoms with E-state index < -0.39 is 91.5 Å². The van der Waals surface area contributed by atoms with Crippen molar-refractivity contribution in [3.63, 3.8) is 0 Å². The van der Waals surface area contributed by atoms with E-state index >= 15 is 0 Å². The van der Waals surface area contributed by atoms with Crippen LogP contribution in [0.5, 0.6) is 0 Å². The lowest BCUT2D eigenvalue weighted by Crippen LogP contribution is -2.30. The minimum atomic E-state index is -4.93. The Kier molecular flexibility index (Phi) is 88.5. The zero-order chi connectivity index (χ0) is 85.1. The molecule has 16 nitrogen and oxygen atoms in total. The van der Waals surface area contributed by atoms with Gasteiger partial charge in [0.2, 0.25) is 0 Å². The molecule has 0 saturated heterocycles. The maximum Gasteiger partial charge on any atom is 0.472 e. The van der Waals surface area contributed by atoms with Gasteiger partial charge in [-0.15, -0.1) is 0 Å². The van der Waals surface area contributed by atoms with Gasteiger partial charge in [-0.2, -0.15) is 0 Å². The molecule has 0 heterocycles. The molecule has 680 valence electrons. The number of aliphatic hydroxyl groups is 2. The Morgan fingerprint density at radius 1 is 0.248 bits per heavy atom. The lowest BCUT2D eigenvalue weighted by atomic mass is 10.0. The predicted molar refractivity (Wildman–Crippen MR) is 491 cm³/mol. The number of allylic oxidation sites excluding steroid dienone is 18. The number of rotatable bonds is 92. The Morgan fingerprint density at radius 3 is 0.735 bits per heavy atom. The molecule has 117 heavy (non-hydrogen) atoms. The van der Waals surface area contributed by atoms with Crippen molar-refractivity contribution in [2.24, 2.45) is 0 Å². The van der Waals surface area contributed by atoms with E-state index in [-0.39, 0.29) is 19.3 Å². The highest BCUT2D eigenvalue weighted by Crippen LogP contribution is 2.45. The lowest BCUT2D eigenvalue weighted by Gasteiger charge is -2.21. The summed E-state index contributed by atoms with van der Waals surface area (Å²) in [5.41, 5.74) is 0. The average molecular weight is 1690 g/mol. The number of ether oxygens (including phenoxy) is 3. The molecule has 5 atom stereocenters. The van der Waals surface area contributed by atoms with Crippen LogP contribution in [0.15, 0.2) is 109 Å². The van der Waals surface area contributed by atoms with Crippen LogP contribution in [0.25, 0.3) is 0 Å². The second-order valence-corrected chi connectivity index (χ2v) is 35.4. The smallest absolute Gasteiger partial charge is 0.463 e. The molecule has 0 aromatic heterocycles. The van der Waals surface area contributed by atoms with E-state index in [0.717, 1.165) is 116 Å². The minimum absolute atomic E-state index is 0.111. The van der Waals surface area contributed by atoms with Crippen molar-refractivity contribution in [2.45, 2.75) is 463 Å². The Hall–Kier alpha value is -3.79. The van der Waals surface area contributed by atoms with Gasteiger partial charge in [-0.3, -0.25) is 32.5 Å². The number of esters is 3. The summed E-state index contributed by atoms with van der Waals surface area (Å²) in [5.74, 6) is -1.54. The van der Waals surface area contributed by atoms with E-state index in [0.29, 0.717) is 19.3 Å². The molecule has 0 aromatic carbocycles. The van der Waals surface area contributed by atoms with Crippen LogP contribution >= 0.6 is 15.6 Å². The predicted octanol–water partition coefficient (Wildman–Crippen LogP) is 29.8. The standard InChI is InChI=1S/C99H178O16P2/c1-4-7-10-13-16-19-22-25-27-29-31-33-35-37-39-41-43-45-46-48-50-51-53-55-57-59-61-63-65-68-70-73-76-79-82-85-97(102)109-88-94(100)89-111-116(105,106)112-90-95(101)91-113-117(107,108)114-93-96(115-99(104)87-84-81-78-75-72-67-24-21-18-15-12-9-6-3)92-110-98(103)86-83-80-77-74-71-69-66-64-62-60-58-56-54-52-49-47-44-42-40-38-36-34-32-30-28-26-23-20-17-14-11-8-5-2/h8,11,16-17,19-20,25-28,31-34,37-40,94-96,100-101H,4-7,9-10,12-15,18,21-24,29-30,35-36,41-93H2,1-3H3,(H,105,106)(H,107,108)/b11-8-,19-16-,20-17-,27-25-,28-26-,33-31-,34-32-,39-37-,40-38-. The fraction of sp³-hybridized carbons (Fsp3) is 0.788. The number of carbonyl (C=O) groups excluding carboxylic acids is 3. The number of carbonyl (C=O) groups is 3. The van der Waals surface area contributed by atoms with Gasteiger partial charge in [0.1, 0.15) is 25.4 Å². The maximum absolute atomic E-state index is 13.0. The molecule has 18 heteroatoms. The average Bonchev–Trinajstić information content (AvgIpc) is 0.898. The molecular formula is C99H178O16P2. The Morgan fingerprint density at radius 2 is 0.453 bits per heavy atom. The van der Waals surface area contributed by atoms with Crippen LogP contribution in [-0.2, 0) is 55.8 Å². The maximum atomic E-state index is 13.0. The number of phosphoric acid groups is 2. The summed E-state index contributed by atoms with van der Waals surface area (Å²) in [6.07, 6.45) is 112. The molecule has 0 bridgehead atoms. The molecular weight excluding hydrogens is 1510 g/mol. The molecule has 5 unspecified atom stereocenters. The lowest BCUT2D eigenvalue weighted by molar-refractivity contribution is -0.161. The molecule has 0 radical (unpaired) electrons. The Labute approximate surface area is 717 Å². The fourth-order valence-corrected chi connectivity index (χ4v) is 15.3. The first-order valence-corrected chi connectivity index (χ1v) is 51.2. The van der Waals surface area contributed by atoms with Crippen molar-refractivity contribution in [1.29, 1.82) is 0 Å². The minimum Gasteiger partial charge on any atom is -0.463 e. The van der Waals surface area contributed by atoms with Gasteiger partial charge in [-0.05, 0) is 109 Å². The van der Waals surface area contributed by atoms with Crippen LogP contribution in [0.2, 0.25) is 0 Å². The summed E-state index contributed by atoms with van der Waals surface area (Å²) in [5, 5.41) is 20.7. The summed E-state index contributed by atoms with van der Waals surface area (Å²) >= 11 is 0. The largest absolute Gasteiger partial charge is 0.472 e. The molecule has 0 fully saturated rings. The first kappa shape index (κ1) is 113. The molecule has 4 N–H and O–H groups in total. The third-order valence-electron chi connectivity index (χ3n) is 21.0. The Bertz CT molecular complexity index is 2560. The summed E-state index contributed by atoms with van der Waals surface area (Å²) in [7, 11) is -9.79. The zero-order valence-electron chi connectivity index (χ0n) is 75.1. The van der Waals surface area contributed by atoms with E-state index in [1.54, 1.807) is 0 Å². The van der Waals surface area contributed by atoms with E-state index in [1.807, 2.05) is 0 Å². The SMILES string of the molecule is CC/C=C\C/C=C\C/C=C\C/C=C\C/C=C\CCCCCCCCCCCCCCCCCCCC(=O)OCC(COP(=O)(O)OCC(O)COP(=O)(O)OCC(O)COC(=O)CCCCCCCCCCCCCCCCCCCCC/C=C\C/C=C\C/C=C\C/C=C\CCCCC)OC(=O)CCCCCCCCCCCCCCC. The van der Waals surface area contributed by atoms with E-state index in [4.69, 9.17) is 32.3 Å². The number of aliphatic hydroxyl groups excluding tert-OH is 2. The van der Waals surface area contributed by atoms with E-state index in [2.05, 4.69) is 130 Å². The normalized spacial score (nSPS) is 14.2. The van der Waals surface area contributed by atoms with Crippen molar-refractivity contribution in [1.82, 2.24) is 0 Å². The molecule has 0 aromatic rings. The van der Waals surface area contributed by atoms with Gasteiger partial charge in [0.15, 0.2) is 6.10 Å². The van der Waals surface area contributed by atoms with E-state index in [1.165, 1.54) is 270 Å². The van der Waals surface area contributed by atoms with Gasteiger partial charge in [0, 0.05) is 19.3 Å². The first-order chi connectivity index (χ1) is 57.2. The second kappa shape index (κ2) is 91.4. The number of phosphoric ester groups is 2. The summed E-state index contributed by atoms with van der Waals surface area (Å²) in [6.45, 7) is 2.63. The molecule has 0 spiro atoms. The van der Waals surface area contributed by atoms with Gasteiger partial charge in [-0.1, -0.05) is 425 Å². The van der Waals surface area contributed by atoms with Crippen LogP contribution in [0.1, 0.15) is 445 Å². The quantitative estimate of drug-likeness (QED) is 0.0146. The van der Waals surface area contributed by atoms with Crippen LogP contribution in [-0.4, -0.2) is 95.9 Å². The van der Waals surface area contributed by atoms with E-state index in [9.17, 15) is 43.5 Å². The van der Waals surface area contributed by atoms with Gasteiger partial charge in [0.25, 0.3) is 0 Å². The van der Waals surface area contributed by atoms with Crippen molar-refractivity contribution >= 4 is 33.6 Å². The summed E-state index contributed by atoms with van der Waals surface area (Å²) in [6, 6.07) is 0. The topological polar surface area (TPSA) is 231 Å². The number of hydrogen-bond acceptors (Lipinski definition) is 14. The summed E-state index contributed by atoms with van der Waals surface area (Å²) in [4.78, 5) is 58.9. The molecule has 0 amide bonds. The number of hydrogen-bond donors (Lipinski definition) is 4. The van der Waals surface area contributed by atoms with Gasteiger partial charge in [-0.25, -0.2) is 9.13 Å². The molecule has 0 saturated carbocycles. The molecule has 0 rings (SSSR count). The van der Waals surface area contributed by atoms with Crippen molar-refractivity contribution in [2.75, 3.05) is 39.6 Å². The molecule has 0 aliphatic heterocycles. The van der Waals surface area contributed by atoms with Crippen LogP contribution in [0, 0.1) is 0 Å². The third kappa shape index (κ3) is 92.8. The highest BCUT2D eigenvalue weighted by atomic mass is 31.2. The monoisotopic (exact) mass is 1690 g/mol. The van der Waals surface area contributed by atoms with Crippen LogP contribution in [0.3, 0.4) is 0 Å². The zero-order valence-corrected chi connectivity index (χ0v) is 76.9. The van der Waals surface area contributed by atoms with Gasteiger partial charge >= 0.3 is 33.6 Å². The molecule has 0 aliphatic rings. The van der Waals surface area contributed by atoms with Crippen molar-refractivity contribution in [3.05, 3.63) is 109 Å².